The molecule has 0 aromatic heterocycles. The van der Waals surface area contributed by atoms with E-state index in [-0.39, 0.29) is 11.8 Å². The Bertz CT molecular complexity index is 318. The molecule has 18 heavy (non-hydrogen) atoms. The van der Waals surface area contributed by atoms with Gasteiger partial charge >= 0.3 is 0 Å². The highest BCUT2D eigenvalue weighted by Gasteiger charge is 2.27. The van der Waals surface area contributed by atoms with Crippen LogP contribution in [0.25, 0.3) is 0 Å². The highest BCUT2D eigenvalue weighted by atomic mass is 16.3. The van der Waals surface area contributed by atoms with Crippen molar-refractivity contribution in [3.05, 3.63) is 24.3 Å². The normalized spacial score (nSPS) is 40.8. The quantitative estimate of drug-likeness (QED) is 0.627. The summed E-state index contributed by atoms with van der Waals surface area (Å²) in [4.78, 5) is 0. The van der Waals surface area contributed by atoms with Crippen molar-refractivity contribution in [2.75, 3.05) is 0 Å². The van der Waals surface area contributed by atoms with E-state index in [9.17, 15) is 15.3 Å². The third kappa shape index (κ3) is 4.23. The van der Waals surface area contributed by atoms with Gasteiger partial charge in [-0.2, -0.15) is 0 Å². The number of rotatable bonds is 1. The molecule has 3 nitrogen and oxygen atoms in total. The minimum atomic E-state index is -0.939. The second-order valence-corrected chi connectivity index (χ2v) is 6.02. The van der Waals surface area contributed by atoms with E-state index in [1.807, 2.05) is 19.9 Å². The SMILES string of the molecule is C=C1C[C@H](O)[C@@H](C(C)C)/C=C/[C@@](C)(O)CC[C@@H]1O. The molecule has 4 atom stereocenters. The van der Waals surface area contributed by atoms with Gasteiger partial charge < -0.3 is 15.3 Å². The summed E-state index contributed by atoms with van der Waals surface area (Å²) in [7, 11) is 0. The number of hydrogen-bond acceptors (Lipinski definition) is 3. The van der Waals surface area contributed by atoms with Crippen LogP contribution in [0.1, 0.15) is 40.0 Å². The molecule has 0 saturated heterocycles. The first-order valence-corrected chi connectivity index (χ1v) is 6.68. The molecule has 0 spiro atoms. The van der Waals surface area contributed by atoms with Gasteiger partial charge in [0.25, 0.3) is 0 Å². The molecule has 0 fully saturated rings. The van der Waals surface area contributed by atoms with Crippen LogP contribution in [0.3, 0.4) is 0 Å². The topological polar surface area (TPSA) is 60.7 Å². The summed E-state index contributed by atoms with van der Waals surface area (Å²) in [6, 6.07) is 0. The molecule has 0 amide bonds. The summed E-state index contributed by atoms with van der Waals surface area (Å²) in [5, 5.41) is 30.3. The van der Waals surface area contributed by atoms with Crippen LogP contribution in [-0.2, 0) is 0 Å². The standard InChI is InChI=1S/C15H26O3/c1-10(2)12-5-7-15(4,18)8-6-13(16)11(3)9-14(12)17/h5,7,10,12-14,16-18H,3,6,8-9H2,1-2,4H3/b7-5+/t12-,13+,14+,15-/m1/s1. The van der Waals surface area contributed by atoms with Gasteiger partial charge in [-0.3, -0.25) is 0 Å². The van der Waals surface area contributed by atoms with Crippen LogP contribution >= 0.6 is 0 Å². The fraction of sp³-hybridized carbons (Fsp3) is 0.733. The van der Waals surface area contributed by atoms with E-state index >= 15 is 0 Å². The largest absolute Gasteiger partial charge is 0.392 e. The average molecular weight is 254 g/mol. The van der Waals surface area contributed by atoms with Crippen LogP contribution in [0.4, 0.5) is 0 Å². The monoisotopic (exact) mass is 254 g/mol. The van der Waals surface area contributed by atoms with Gasteiger partial charge in [-0.05, 0) is 37.7 Å². The lowest BCUT2D eigenvalue weighted by molar-refractivity contribution is 0.0640. The smallest absolute Gasteiger partial charge is 0.0800 e. The molecule has 3 heteroatoms. The molecule has 0 radical (unpaired) electrons. The van der Waals surface area contributed by atoms with Crippen LogP contribution in [0.2, 0.25) is 0 Å². The van der Waals surface area contributed by atoms with Gasteiger partial charge in [-0.15, -0.1) is 0 Å². The van der Waals surface area contributed by atoms with E-state index < -0.39 is 17.8 Å². The molecular formula is C15H26O3. The second kappa shape index (κ2) is 6.00. The highest BCUT2D eigenvalue weighted by molar-refractivity contribution is 5.10. The van der Waals surface area contributed by atoms with Crippen LogP contribution in [0.5, 0.6) is 0 Å². The molecule has 0 saturated carbocycles. The van der Waals surface area contributed by atoms with Gasteiger partial charge in [-0.25, -0.2) is 0 Å². The van der Waals surface area contributed by atoms with Crippen LogP contribution in [0.15, 0.2) is 24.3 Å². The van der Waals surface area contributed by atoms with Crippen molar-refractivity contribution in [1.82, 2.24) is 0 Å². The Balaban J connectivity index is 2.97. The fourth-order valence-corrected chi connectivity index (χ4v) is 2.37. The fourth-order valence-electron chi connectivity index (χ4n) is 2.37. The number of aliphatic hydroxyl groups excluding tert-OH is 2. The van der Waals surface area contributed by atoms with Crippen LogP contribution in [-0.4, -0.2) is 33.1 Å². The van der Waals surface area contributed by atoms with Crippen LogP contribution < -0.4 is 0 Å². The molecule has 0 bridgehead atoms. The molecule has 0 aromatic carbocycles. The summed E-state index contributed by atoms with van der Waals surface area (Å²) in [6.45, 7) is 9.65. The van der Waals surface area contributed by atoms with Crippen molar-refractivity contribution >= 4 is 0 Å². The Kier molecular flexibility index (Phi) is 5.14. The van der Waals surface area contributed by atoms with E-state index in [2.05, 4.69) is 6.58 Å². The Morgan fingerprint density at radius 1 is 1.39 bits per heavy atom. The molecule has 104 valence electrons. The van der Waals surface area contributed by atoms with Gasteiger partial charge in [-0.1, -0.05) is 32.6 Å². The lowest BCUT2D eigenvalue weighted by atomic mass is 9.82. The van der Waals surface area contributed by atoms with Crippen molar-refractivity contribution in [3.63, 3.8) is 0 Å². The molecule has 0 aromatic rings. The van der Waals surface area contributed by atoms with Crippen molar-refractivity contribution < 1.29 is 15.3 Å². The summed E-state index contributed by atoms with van der Waals surface area (Å²) in [6.07, 6.45) is 3.82. The van der Waals surface area contributed by atoms with Gasteiger partial charge in [0.1, 0.15) is 0 Å². The zero-order valence-electron chi connectivity index (χ0n) is 11.6. The third-order valence-corrected chi connectivity index (χ3v) is 3.76. The summed E-state index contributed by atoms with van der Waals surface area (Å²) in [5.41, 5.74) is -0.287. The molecule has 0 unspecified atom stereocenters. The van der Waals surface area contributed by atoms with E-state index in [1.165, 1.54) is 0 Å². The Hall–Kier alpha value is -0.640. The van der Waals surface area contributed by atoms with E-state index in [4.69, 9.17) is 0 Å². The van der Waals surface area contributed by atoms with Crippen molar-refractivity contribution in [2.45, 2.75) is 57.8 Å². The Labute approximate surface area is 110 Å². The first-order chi connectivity index (χ1) is 8.23. The second-order valence-electron chi connectivity index (χ2n) is 6.02. The first kappa shape index (κ1) is 15.4. The van der Waals surface area contributed by atoms with Gasteiger partial charge in [0.15, 0.2) is 0 Å². The average Bonchev–Trinajstić information content (AvgIpc) is 2.24. The minimum Gasteiger partial charge on any atom is -0.392 e. The lowest BCUT2D eigenvalue weighted by Crippen LogP contribution is -2.30. The highest BCUT2D eigenvalue weighted by Crippen LogP contribution is 2.28. The van der Waals surface area contributed by atoms with Crippen molar-refractivity contribution in [2.24, 2.45) is 11.8 Å². The summed E-state index contributed by atoms with van der Waals surface area (Å²) in [5.74, 6) is 0.245. The lowest BCUT2D eigenvalue weighted by Gasteiger charge is -2.30. The maximum atomic E-state index is 10.2. The minimum absolute atomic E-state index is 0.0291. The van der Waals surface area contributed by atoms with Gasteiger partial charge in [0, 0.05) is 5.92 Å². The van der Waals surface area contributed by atoms with E-state index in [1.54, 1.807) is 13.0 Å². The molecule has 1 rings (SSSR count). The Morgan fingerprint density at radius 3 is 2.56 bits per heavy atom. The predicted molar refractivity (Wildman–Crippen MR) is 73.1 cm³/mol. The molecular weight excluding hydrogens is 228 g/mol. The van der Waals surface area contributed by atoms with Crippen LogP contribution in [0, 0.1) is 11.8 Å². The van der Waals surface area contributed by atoms with Crippen molar-refractivity contribution in [1.29, 1.82) is 0 Å². The molecule has 0 heterocycles. The summed E-state index contributed by atoms with van der Waals surface area (Å²) < 4.78 is 0. The maximum absolute atomic E-state index is 10.2. The maximum Gasteiger partial charge on any atom is 0.0800 e. The van der Waals surface area contributed by atoms with Gasteiger partial charge in [0.05, 0.1) is 17.8 Å². The van der Waals surface area contributed by atoms with Gasteiger partial charge in [0.2, 0.25) is 0 Å². The number of aliphatic hydroxyl groups is 3. The Morgan fingerprint density at radius 2 is 2.00 bits per heavy atom. The predicted octanol–water partition coefficient (Wildman–Crippen LogP) is 2.03. The molecule has 3 N–H and O–H groups in total. The third-order valence-electron chi connectivity index (χ3n) is 3.76. The van der Waals surface area contributed by atoms with E-state index in [0.717, 1.165) is 0 Å². The van der Waals surface area contributed by atoms with E-state index in [0.29, 0.717) is 24.8 Å². The zero-order valence-corrected chi connectivity index (χ0v) is 11.6. The first-order valence-electron chi connectivity index (χ1n) is 6.68. The summed E-state index contributed by atoms with van der Waals surface area (Å²) >= 11 is 0. The molecule has 1 aliphatic rings. The molecule has 1 aliphatic carbocycles. The zero-order chi connectivity index (χ0) is 13.9. The number of hydrogen-bond donors (Lipinski definition) is 3. The van der Waals surface area contributed by atoms with Crippen molar-refractivity contribution in [3.8, 4) is 0 Å². The molecule has 0 aliphatic heterocycles.